The van der Waals surface area contributed by atoms with E-state index in [2.05, 4.69) is 68.8 Å². The van der Waals surface area contributed by atoms with Crippen LogP contribution in [0.15, 0.2) is 42.0 Å². The second kappa shape index (κ2) is 4.48. The minimum absolute atomic E-state index is 0.386. The maximum Gasteiger partial charge on any atom is 0.205 e. The van der Waals surface area contributed by atoms with Crippen LogP contribution >= 0.6 is 0 Å². The van der Waals surface area contributed by atoms with Gasteiger partial charge in [0, 0.05) is 24.6 Å². The minimum atomic E-state index is 0.386. The molecule has 0 saturated carbocycles. The zero-order valence-electron chi connectivity index (χ0n) is 11.3. The number of para-hydroxylation sites is 1. The maximum absolute atomic E-state index is 2.35. The summed E-state index contributed by atoms with van der Waals surface area (Å²) in [4.78, 5) is 0. The van der Waals surface area contributed by atoms with Crippen molar-refractivity contribution in [2.24, 2.45) is 5.41 Å². The van der Waals surface area contributed by atoms with Gasteiger partial charge in [0.1, 0.15) is 7.05 Å². The van der Waals surface area contributed by atoms with Crippen LogP contribution in [0.2, 0.25) is 0 Å². The first kappa shape index (κ1) is 12.1. The van der Waals surface area contributed by atoms with E-state index >= 15 is 0 Å². The topological polar surface area (TPSA) is 3.01 Å². The molecule has 0 heterocycles. The van der Waals surface area contributed by atoms with E-state index in [0.717, 1.165) is 6.42 Å². The number of hydrogen-bond acceptors (Lipinski definition) is 0. The van der Waals surface area contributed by atoms with E-state index < -0.39 is 0 Å². The van der Waals surface area contributed by atoms with Crippen molar-refractivity contribution in [3.63, 3.8) is 0 Å². The summed E-state index contributed by atoms with van der Waals surface area (Å²) >= 11 is 0. The molecule has 0 unspecified atom stereocenters. The predicted octanol–water partition coefficient (Wildman–Crippen LogP) is 4.17. The second-order valence-electron chi connectivity index (χ2n) is 5.89. The average molecular weight is 228 g/mol. The summed E-state index contributed by atoms with van der Waals surface area (Å²) in [6.45, 7) is 6.93. The summed E-state index contributed by atoms with van der Waals surface area (Å²) in [6.07, 6.45) is 4.70. The Morgan fingerprint density at radius 3 is 2.29 bits per heavy atom. The number of rotatable bonds is 1. The molecule has 1 aliphatic rings. The van der Waals surface area contributed by atoms with Gasteiger partial charge >= 0.3 is 0 Å². The molecular formula is C16H22N+. The quantitative estimate of drug-likeness (QED) is 0.635. The highest BCUT2D eigenvalue weighted by Crippen LogP contribution is 2.34. The lowest BCUT2D eigenvalue weighted by Gasteiger charge is -2.28. The molecule has 0 saturated heterocycles. The summed E-state index contributed by atoms with van der Waals surface area (Å²) in [6, 6.07) is 10.6. The summed E-state index contributed by atoms with van der Waals surface area (Å²) in [5, 5.41) is 0. The molecule has 1 aromatic rings. The van der Waals surface area contributed by atoms with Gasteiger partial charge in [0.15, 0.2) is 5.71 Å². The smallest absolute Gasteiger partial charge is 0.199 e. The molecule has 2 rings (SSSR count). The largest absolute Gasteiger partial charge is 0.205 e. The van der Waals surface area contributed by atoms with E-state index in [1.807, 2.05) is 0 Å². The zero-order valence-corrected chi connectivity index (χ0v) is 11.3. The van der Waals surface area contributed by atoms with E-state index in [-0.39, 0.29) is 0 Å². The Bertz CT molecular complexity index is 464. The van der Waals surface area contributed by atoms with E-state index in [9.17, 15) is 0 Å². The molecule has 1 heteroatoms. The van der Waals surface area contributed by atoms with Crippen molar-refractivity contribution in [2.45, 2.75) is 33.6 Å². The standard InChI is InChI=1S/C16H22N/c1-13-10-15(12-16(2,3)11-13)17(4)14-8-6-5-7-9-14/h5-10H,11-12H2,1-4H3/q+1. The van der Waals surface area contributed by atoms with Crippen LogP contribution in [0.25, 0.3) is 0 Å². The Hall–Kier alpha value is -1.37. The van der Waals surface area contributed by atoms with E-state index in [4.69, 9.17) is 0 Å². The van der Waals surface area contributed by atoms with E-state index in [0.29, 0.717) is 5.41 Å². The molecular weight excluding hydrogens is 206 g/mol. The van der Waals surface area contributed by atoms with Gasteiger partial charge < -0.3 is 0 Å². The SMILES string of the molecule is CC1=CC(=[N+](C)c2ccccc2)CC(C)(C)C1. The van der Waals surface area contributed by atoms with E-state index in [1.165, 1.54) is 23.4 Å². The number of nitrogens with zero attached hydrogens (tertiary/aromatic N) is 1. The van der Waals surface area contributed by atoms with Crippen molar-refractivity contribution >= 4 is 11.4 Å². The van der Waals surface area contributed by atoms with Gasteiger partial charge in [-0.1, -0.05) is 37.6 Å². The van der Waals surface area contributed by atoms with Crippen LogP contribution in [-0.4, -0.2) is 17.3 Å². The lowest BCUT2D eigenvalue weighted by atomic mass is 9.77. The minimum Gasteiger partial charge on any atom is -0.199 e. The molecule has 90 valence electrons. The van der Waals surface area contributed by atoms with Crippen LogP contribution in [0.5, 0.6) is 0 Å². The third-order valence-corrected chi connectivity index (χ3v) is 3.40. The van der Waals surface area contributed by atoms with Gasteiger partial charge in [-0.3, -0.25) is 0 Å². The van der Waals surface area contributed by atoms with Crippen molar-refractivity contribution in [3.8, 4) is 0 Å². The number of hydrogen-bond donors (Lipinski definition) is 0. The third-order valence-electron chi connectivity index (χ3n) is 3.40. The predicted molar refractivity (Wildman–Crippen MR) is 74.1 cm³/mol. The molecule has 17 heavy (non-hydrogen) atoms. The van der Waals surface area contributed by atoms with Gasteiger partial charge in [-0.15, -0.1) is 0 Å². The summed E-state index contributed by atoms with van der Waals surface area (Å²) in [7, 11) is 2.16. The molecule has 0 aromatic heterocycles. The van der Waals surface area contributed by atoms with Gasteiger partial charge in [0.2, 0.25) is 5.69 Å². The van der Waals surface area contributed by atoms with Gasteiger partial charge in [-0.05, 0) is 18.8 Å². The first-order valence-corrected chi connectivity index (χ1v) is 6.30. The van der Waals surface area contributed by atoms with Crippen LogP contribution in [0.1, 0.15) is 33.6 Å². The van der Waals surface area contributed by atoms with Crippen molar-refractivity contribution < 1.29 is 4.58 Å². The van der Waals surface area contributed by atoms with Gasteiger partial charge in [0.05, 0.1) is 0 Å². The van der Waals surface area contributed by atoms with Gasteiger partial charge in [0.25, 0.3) is 0 Å². The molecule has 0 aliphatic heterocycles. The van der Waals surface area contributed by atoms with Gasteiger partial charge in [-0.25, -0.2) is 0 Å². The third kappa shape index (κ3) is 2.85. The number of allylic oxidation sites excluding steroid dienone is 2. The fraction of sp³-hybridized carbons (Fsp3) is 0.438. The summed E-state index contributed by atoms with van der Waals surface area (Å²) in [5.74, 6) is 0. The molecule has 1 aliphatic carbocycles. The van der Waals surface area contributed by atoms with Crippen LogP contribution in [0.4, 0.5) is 5.69 Å². The monoisotopic (exact) mass is 228 g/mol. The summed E-state index contributed by atoms with van der Waals surface area (Å²) < 4.78 is 2.31. The molecule has 1 aromatic carbocycles. The molecule has 0 fully saturated rings. The molecule has 0 radical (unpaired) electrons. The molecule has 0 bridgehead atoms. The first-order chi connectivity index (χ1) is 7.98. The fourth-order valence-electron chi connectivity index (χ4n) is 2.73. The highest BCUT2D eigenvalue weighted by Gasteiger charge is 2.29. The fourth-order valence-corrected chi connectivity index (χ4v) is 2.73. The Balaban J connectivity index is 2.42. The second-order valence-corrected chi connectivity index (χ2v) is 5.89. The van der Waals surface area contributed by atoms with Crippen molar-refractivity contribution in [1.29, 1.82) is 0 Å². The van der Waals surface area contributed by atoms with Crippen LogP contribution < -0.4 is 0 Å². The molecule has 0 atom stereocenters. The Morgan fingerprint density at radius 1 is 1.06 bits per heavy atom. The molecule has 1 nitrogen and oxygen atoms in total. The highest BCUT2D eigenvalue weighted by atomic mass is 15.0. The van der Waals surface area contributed by atoms with E-state index in [1.54, 1.807) is 0 Å². The first-order valence-electron chi connectivity index (χ1n) is 6.30. The Kier molecular flexibility index (Phi) is 3.19. The molecule has 0 N–H and O–H groups in total. The highest BCUT2D eigenvalue weighted by molar-refractivity contribution is 5.93. The lowest BCUT2D eigenvalue weighted by Crippen LogP contribution is -2.25. The van der Waals surface area contributed by atoms with Crippen molar-refractivity contribution in [3.05, 3.63) is 42.0 Å². The Morgan fingerprint density at radius 2 is 1.71 bits per heavy atom. The van der Waals surface area contributed by atoms with Crippen LogP contribution in [0.3, 0.4) is 0 Å². The number of benzene rings is 1. The zero-order chi connectivity index (χ0) is 12.5. The van der Waals surface area contributed by atoms with Crippen LogP contribution in [0, 0.1) is 5.41 Å². The molecule has 0 spiro atoms. The average Bonchev–Trinajstić information content (AvgIpc) is 2.26. The molecule has 0 amide bonds. The normalized spacial score (nSPS) is 22.0. The van der Waals surface area contributed by atoms with Crippen molar-refractivity contribution in [2.75, 3.05) is 7.05 Å². The maximum atomic E-state index is 2.35. The van der Waals surface area contributed by atoms with Crippen LogP contribution in [-0.2, 0) is 0 Å². The summed E-state index contributed by atoms with van der Waals surface area (Å²) in [5.41, 5.74) is 4.56. The lowest BCUT2D eigenvalue weighted by molar-refractivity contribution is -0.406. The van der Waals surface area contributed by atoms with Gasteiger partial charge in [-0.2, -0.15) is 4.58 Å². The van der Waals surface area contributed by atoms with Crippen molar-refractivity contribution in [1.82, 2.24) is 0 Å². The Labute approximate surface area is 104 Å².